The predicted molar refractivity (Wildman–Crippen MR) is 74.3 cm³/mol. The molecule has 2 nitrogen and oxygen atoms in total. The average molecular weight is 239 g/mol. The molecule has 1 rings (SSSR count). The molecule has 17 heavy (non-hydrogen) atoms. The van der Waals surface area contributed by atoms with E-state index in [1.165, 1.54) is 32.1 Å². The van der Waals surface area contributed by atoms with Crippen molar-refractivity contribution in [3.8, 4) is 0 Å². The Morgan fingerprint density at radius 3 is 2.65 bits per heavy atom. The summed E-state index contributed by atoms with van der Waals surface area (Å²) < 4.78 is 5.60. The zero-order valence-electron chi connectivity index (χ0n) is 11.8. The van der Waals surface area contributed by atoms with Gasteiger partial charge in [0.15, 0.2) is 0 Å². The maximum Gasteiger partial charge on any atom is 0.0576 e. The first-order chi connectivity index (χ1) is 8.08. The lowest BCUT2D eigenvalue weighted by Crippen LogP contribution is -2.36. The molecule has 1 aliphatic heterocycles. The fourth-order valence-corrected chi connectivity index (χ4v) is 2.10. The molecule has 1 fully saturated rings. The zero-order chi connectivity index (χ0) is 12.6. The van der Waals surface area contributed by atoms with Gasteiger partial charge in [-0.25, -0.2) is 0 Å². The van der Waals surface area contributed by atoms with Crippen molar-refractivity contribution in [1.29, 1.82) is 0 Å². The quantitative estimate of drug-likeness (QED) is 0.540. The molecule has 0 aliphatic carbocycles. The number of nitrogens with one attached hydrogen (secondary N) is 1. The molecule has 1 aliphatic rings. The lowest BCUT2D eigenvalue weighted by molar-refractivity contribution is 0.103. The standard InChI is InChI=1S/C15H29NO/c1-15(2,3)16-12-8-6-4-5-7-10-14-11-9-13-17-14/h4,6,14,16H,5,7-13H2,1-3H3. The van der Waals surface area contributed by atoms with Crippen LogP contribution in [0.5, 0.6) is 0 Å². The van der Waals surface area contributed by atoms with Gasteiger partial charge in [0, 0.05) is 12.1 Å². The summed E-state index contributed by atoms with van der Waals surface area (Å²) in [6.07, 6.45) is 12.6. The summed E-state index contributed by atoms with van der Waals surface area (Å²) in [5.74, 6) is 0. The van der Waals surface area contributed by atoms with Crippen molar-refractivity contribution < 1.29 is 4.74 Å². The number of hydrogen-bond donors (Lipinski definition) is 1. The van der Waals surface area contributed by atoms with Crippen LogP contribution in [0.25, 0.3) is 0 Å². The van der Waals surface area contributed by atoms with E-state index in [-0.39, 0.29) is 5.54 Å². The Kier molecular flexibility index (Phi) is 6.83. The number of rotatable bonds is 7. The fraction of sp³-hybridized carbons (Fsp3) is 0.867. The van der Waals surface area contributed by atoms with Gasteiger partial charge in [0.05, 0.1) is 6.10 Å². The van der Waals surface area contributed by atoms with Crippen molar-refractivity contribution in [1.82, 2.24) is 5.32 Å². The van der Waals surface area contributed by atoms with E-state index in [4.69, 9.17) is 4.74 Å². The van der Waals surface area contributed by atoms with Gasteiger partial charge < -0.3 is 10.1 Å². The lowest BCUT2D eigenvalue weighted by Gasteiger charge is -2.19. The van der Waals surface area contributed by atoms with Crippen LogP contribution in [0, 0.1) is 0 Å². The first-order valence-corrected chi connectivity index (χ1v) is 7.09. The third-order valence-electron chi connectivity index (χ3n) is 3.05. The molecule has 2 heteroatoms. The molecule has 0 spiro atoms. The van der Waals surface area contributed by atoms with E-state index in [1.807, 2.05) is 0 Å². The zero-order valence-corrected chi connectivity index (χ0v) is 11.8. The number of hydrogen-bond acceptors (Lipinski definition) is 2. The van der Waals surface area contributed by atoms with Gasteiger partial charge in [-0.3, -0.25) is 0 Å². The highest BCUT2D eigenvalue weighted by molar-refractivity contribution is 4.84. The molecular formula is C15H29NO. The molecular weight excluding hydrogens is 210 g/mol. The van der Waals surface area contributed by atoms with Crippen molar-refractivity contribution in [3.63, 3.8) is 0 Å². The normalized spacial score (nSPS) is 21.5. The van der Waals surface area contributed by atoms with Gasteiger partial charge in [-0.15, -0.1) is 0 Å². The smallest absolute Gasteiger partial charge is 0.0576 e. The minimum Gasteiger partial charge on any atom is -0.378 e. The van der Waals surface area contributed by atoms with Crippen molar-refractivity contribution in [2.75, 3.05) is 13.2 Å². The molecule has 1 unspecified atom stereocenters. The molecule has 1 N–H and O–H groups in total. The van der Waals surface area contributed by atoms with Crippen molar-refractivity contribution in [2.24, 2.45) is 0 Å². The van der Waals surface area contributed by atoms with Gasteiger partial charge in [-0.2, -0.15) is 0 Å². The molecule has 0 bridgehead atoms. The van der Waals surface area contributed by atoms with Crippen LogP contribution in [0.15, 0.2) is 12.2 Å². The van der Waals surface area contributed by atoms with Crippen molar-refractivity contribution >= 4 is 0 Å². The van der Waals surface area contributed by atoms with E-state index in [1.54, 1.807) is 0 Å². The third kappa shape index (κ3) is 8.39. The van der Waals surface area contributed by atoms with Gasteiger partial charge in [0.2, 0.25) is 0 Å². The molecule has 100 valence electrons. The van der Waals surface area contributed by atoms with Gasteiger partial charge in [0.25, 0.3) is 0 Å². The third-order valence-corrected chi connectivity index (χ3v) is 3.05. The molecule has 1 atom stereocenters. The van der Waals surface area contributed by atoms with E-state index in [9.17, 15) is 0 Å². The largest absolute Gasteiger partial charge is 0.378 e. The average Bonchev–Trinajstić information content (AvgIpc) is 2.73. The maximum atomic E-state index is 5.60. The van der Waals surface area contributed by atoms with E-state index >= 15 is 0 Å². The summed E-state index contributed by atoms with van der Waals surface area (Å²) in [7, 11) is 0. The van der Waals surface area contributed by atoms with Crippen molar-refractivity contribution in [2.45, 2.75) is 70.9 Å². The summed E-state index contributed by atoms with van der Waals surface area (Å²) in [5, 5.41) is 3.49. The maximum absolute atomic E-state index is 5.60. The molecule has 0 saturated carbocycles. The van der Waals surface area contributed by atoms with Gasteiger partial charge in [-0.1, -0.05) is 12.2 Å². The summed E-state index contributed by atoms with van der Waals surface area (Å²) >= 11 is 0. The van der Waals surface area contributed by atoms with E-state index in [0.717, 1.165) is 19.6 Å². The van der Waals surface area contributed by atoms with Crippen LogP contribution in [0.1, 0.15) is 59.3 Å². The molecule has 0 radical (unpaired) electrons. The summed E-state index contributed by atoms with van der Waals surface area (Å²) in [6.45, 7) is 8.68. The SMILES string of the molecule is CC(C)(C)NCCC=CCCCC1CCCO1. The minimum absolute atomic E-state index is 0.244. The second-order valence-electron chi connectivity index (χ2n) is 6.00. The molecule has 0 aromatic rings. The van der Waals surface area contributed by atoms with Crippen LogP contribution in [-0.2, 0) is 4.74 Å². The Hall–Kier alpha value is -0.340. The number of ether oxygens (including phenoxy) is 1. The second-order valence-corrected chi connectivity index (χ2v) is 6.00. The van der Waals surface area contributed by atoms with Crippen LogP contribution >= 0.6 is 0 Å². The minimum atomic E-state index is 0.244. The van der Waals surface area contributed by atoms with E-state index in [2.05, 4.69) is 38.2 Å². The Labute approximate surface area is 107 Å². The molecule has 0 aromatic heterocycles. The van der Waals surface area contributed by atoms with Crippen LogP contribution in [0.3, 0.4) is 0 Å². The molecule has 1 saturated heterocycles. The Morgan fingerprint density at radius 1 is 1.24 bits per heavy atom. The van der Waals surface area contributed by atoms with E-state index < -0.39 is 0 Å². The number of unbranched alkanes of at least 4 members (excludes halogenated alkanes) is 1. The van der Waals surface area contributed by atoms with Crippen LogP contribution in [-0.4, -0.2) is 24.8 Å². The summed E-state index contributed by atoms with van der Waals surface area (Å²) in [5.41, 5.74) is 0.244. The highest BCUT2D eigenvalue weighted by Gasteiger charge is 2.13. The first-order valence-electron chi connectivity index (χ1n) is 7.09. The van der Waals surface area contributed by atoms with Gasteiger partial charge >= 0.3 is 0 Å². The van der Waals surface area contributed by atoms with Crippen LogP contribution < -0.4 is 5.32 Å². The Bertz CT molecular complexity index is 211. The Balaban J connectivity index is 1.88. The Morgan fingerprint density at radius 2 is 2.00 bits per heavy atom. The number of allylic oxidation sites excluding steroid dienone is 1. The predicted octanol–water partition coefficient (Wildman–Crippen LogP) is 3.67. The van der Waals surface area contributed by atoms with Gasteiger partial charge in [0.1, 0.15) is 0 Å². The summed E-state index contributed by atoms with van der Waals surface area (Å²) in [6, 6.07) is 0. The monoisotopic (exact) mass is 239 g/mol. The summed E-state index contributed by atoms with van der Waals surface area (Å²) in [4.78, 5) is 0. The second kappa shape index (κ2) is 7.88. The van der Waals surface area contributed by atoms with E-state index in [0.29, 0.717) is 6.10 Å². The lowest BCUT2D eigenvalue weighted by atomic mass is 10.1. The van der Waals surface area contributed by atoms with Crippen LogP contribution in [0.4, 0.5) is 0 Å². The topological polar surface area (TPSA) is 21.3 Å². The van der Waals surface area contributed by atoms with Crippen molar-refractivity contribution in [3.05, 3.63) is 12.2 Å². The van der Waals surface area contributed by atoms with Gasteiger partial charge in [-0.05, 0) is 65.8 Å². The first kappa shape index (κ1) is 14.7. The highest BCUT2D eigenvalue weighted by atomic mass is 16.5. The highest BCUT2D eigenvalue weighted by Crippen LogP contribution is 2.17. The molecule has 0 amide bonds. The fourth-order valence-electron chi connectivity index (χ4n) is 2.10. The van der Waals surface area contributed by atoms with Crippen LogP contribution in [0.2, 0.25) is 0 Å². The molecule has 0 aromatic carbocycles. The molecule has 1 heterocycles.